The third kappa shape index (κ3) is 4.06. The fraction of sp³-hybridized carbons (Fsp3) is 0.105. The molecule has 0 spiro atoms. The number of benzene rings is 2. The largest absolute Gasteiger partial charge is 0.427 e. The molecule has 8 nitrogen and oxygen atoms in total. The Morgan fingerprint density at radius 2 is 2.04 bits per heavy atom. The minimum Gasteiger partial charge on any atom is -0.427 e. The van der Waals surface area contributed by atoms with Crippen LogP contribution in [-0.2, 0) is 14.3 Å². The molecule has 0 unspecified atom stereocenters. The second-order valence-corrected chi connectivity index (χ2v) is 5.76. The maximum atomic E-state index is 12.1. The molecule has 0 fully saturated rings. The van der Waals surface area contributed by atoms with Crippen LogP contribution in [0.2, 0.25) is 0 Å². The fourth-order valence-electron chi connectivity index (χ4n) is 2.46. The van der Waals surface area contributed by atoms with E-state index in [1.807, 2.05) is 0 Å². The summed E-state index contributed by atoms with van der Waals surface area (Å²) in [6.45, 7) is 2.91. The van der Waals surface area contributed by atoms with Crippen molar-refractivity contribution in [1.29, 1.82) is 0 Å². The van der Waals surface area contributed by atoms with E-state index >= 15 is 0 Å². The van der Waals surface area contributed by atoms with Crippen molar-refractivity contribution < 1.29 is 24.0 Å². The maximum absolute atomic E-state index is 12.1. The molecule has 0 atom stereocenters. The third-order valence-electron chi connectivity index (χ3n) is 3.70. The lowest BCUT2D eigenvalue weighted by Gasteiger charge is -2.01. The molecule has 0 radical (unpaired) electrons. The molecule has 1 aliphatic rings. The van der Waals surface area contributed by atoms with Gasteiger partial charge in [0, 0.05) is 24.1 Å². The molecule has 0 bridgehead atoms. The molecule has 2 aromatic rings. The minimum absolute atomic E-state index is 0.00881. The molecule has 2 aromatic carbocycles. The number of esters is 2. The number of nitro benzene ring substituents is 1. The molecule has 27 heavy (non-hydrogen) atoms. The van der Waals surface area contributed by atoms with Crippen LogP contribution in [0.1, 0.15) is 23.6 Å². The first-order valence-electron chi connectivity index (χ1n) is 7.90. The highest BCUT2D eigenvalue weighted by Gasteiger charge is 2.25. The first kappa shape index (κ1) is 18.0. The van der Waals surface area contributed by atoms with Crippen molar-refractivity contribution in [2.75, 3.05) is 0 Å². The Labute approximate surface area is 153 Å². The Morgan fingerprint density at radius 1 is 1.26 bits per heavy atom. The number of aliphatic imine (C=N–C) groups is 1. The highest BCUT2D eigenvalue weighted by Crippen LogP contribution is 2.24. The van der Waals surface area contributed by atoms with Crippen molar-refractivity contribution in [3.8, 4) is 5.75 Å². The standard InChI is InChI=1S/C19H14N2O6/c1-11-6-7-14(10-17(11)21(24)25)18-20-16(19(23)27-18)9-13-4-3-5-15(8-13)26-12(2)22/h3-10H,1-2H3/b16-9-. The molecule has 3 rings (SSSR count). The smallest absolute Gasteiger partial charge is 0.363 e. The molecule has 0 saturated carbocycles. The Hall–Kier alpha value is -3.81. The fourth-order valence-corrected chi connectivity index (χ4v) is 2.46. The Bertz CT molecular complexity index is 1020. The van der Waals surface area contributed by atoms with E-state index in [4.69, 9.17) is 9.47 Å². The molecule has 0 N–H and O–H groups in total. The summed E-state index contributed by atoms with van der Waals surface area (Å²) in [7, 11) is 0. The number of carbonyl (C=O) groups is 2. The molecule has 136 valence electrons. The van der Waals surface area contributed by atoms with Gasteiger partial charge in [-0.25, -0.2) is 9.79 Å². The van der Waals surface area contributed by atoms with Crippen molar-refractivity contribution in [3.05, 3.63) is 75.0 Å². The Balaban J connectivity index is 1.93. The van der Waals surface area contributed by atoms with E-state index in [0.29, 0.717) is 22.4 Å². The summed E-state index contributed by atoms with van der Waals surface area (Å²) in [4.78, 5) is 37.8. The van der Waals surface area contributed by atoms with Crippen LogP contribution in [0.4, 0.5) is 5.69 Å². The average Bonchev–Trinajstić information content (AvgIpc) is 2.95. The normalized spacial score (nSPS) is 14.7. The van der Waals surface area contributed by atoms with Gasteiger partial charge in [0.1, 0.15) is 5.75 Å². The summed E-state index contributed by atoms with van der Waals surface area (Å²) in [5.41, 5.74) is 1.36. The number of rotatable bonds is 4. The zero-order valence-corrected chi connectivity index (χ0v) is 14.5. The summed E-state index contributed by atoms with van der Waals surface area (Å²) >= 11 is 0. The summed E-state index contributed by atoms with van der Waals surface area (Å²) < 4.78 is 10.1. The van der Waals surface area contributed by atoms with E-state index in [2.05, 4.69) is 4.99 Å². The van der Waals surface area contributed by atoms with E-state index in [1.165, 1.54) is 19.1 Å². The van der Waals surface area contributed by atoms with Crippen molar-refractivity contribution >= 4 is 29.6 Å². The van der Waals surface area contributed by atoms with Crippen LogP contribution in [-0.4, -0.2) is 22.8 Å². The van der Waals surface area contributed by atoms with Crippen LogP contribution in [0, 0.1) is 17.0 Å². The zero-order valence-electron chi connectivity index (χ0n) is 14.5. The maximum Gasteiger partial charge on any atom is 0.363 e. The SMILES string of the molecule is CC(=O)Oc1cccc(/C=C2\N=C(c3ccc(C)c([N+](=O)[O-])c3)OC2=O)c1. The zero-order chi connectivity index (χ0) is 19.6. The topological polar surface area (TPSA) is 108 Å². The number of nitro groups is 1. The van der Waals surface area contributed by atoms with Gasteiger partial charge in [0.15, 0.2) is 5.70 Å². The van der Waals surface area contributed by atoms with Crippen molar-refractivity contribution in [2.24, 2.45) is 4.99 Å². The van der Waals surface area contributed by atoms with E-state index in [1.54, 1.807) is 43.3 Å². The molecule has 8 heteroatoms. The van der Waals surface area contributed by atoms with Crippen LogP contribution < -0.4 is 4.74 Å². The van der Waals surface area contributed by atoms with Crippen LogP contribution in [0.15, 0.2) is 53.2 Å². The first-order chi connectivity index (χ1) is 12.8. The summed E-state index contributed by atoms with van der Waals surface area (Å²) in [6.07, 6.45) is 1.48. The van der Waals surface area contributed by atoms with Gasteiger partial charge in [0.05, 0.1) is 4.92 Å². The van der Waals surface area contributed by atoms with Crippen LogP contribution >= 0.6 is 0 Å². The summed E-state index contributed by atoms with van der Waals surface area (Å²) in [5.74, 6) is -0.806. The molecule has 0 amide bonds. The summed E-state index contributed by atoms with van der Waals surface area (Å²) in [6, 6.07) is 11.0. The van der Waals surface area contributed by atoms with E-state index in [-0.39, 0.29) is 17.3 Å². The minimum atomic E-state index is -0.675. The van der Waals surface area contributed by atoms with Crippen LogP contribution in [0.25, 0.3) is 6.08 Å². The van der Waals surface area contributed by atoms with Crippen LogP contribution in [0.5, 0.6) is 5.75 Å². The first-order valence-corrected chi connectivity index (χ1v) is 7.90. The Morgan fingerprint density at radius 3 is 2.74 bits per heavy atom. The number of cyclic esters (lactones) is 1. The predicted octanol–water partition coefficient (Wildman–Crippen LogP) is 3.17. The molecule has 1 aliphatic heterocycles. The highest BCUT2D eigenvalue weighted by atomic mass is 16.6. The van der Waals surface area contributed by atoms with E-state index < -0.39 is 16.9 Å². The van der Waals surface area contributed by atoms with E-state index in [9.17, 15) is 19.7 Å². The van der Waals surface area contributed by atoms with Gasteiger partial charge in [-0.1, -0.05) is 18.2 Å². The highest BCUT2D eigenvalue weighted by molar-refractivity contribution is 6.13. The number of hydrogen-bond donors (Lipinski definition) is 0. The molecule has 0 aromatic heterocycles. The lowest BCUT2D eigenvalue weighted by molar-refractivity contribution is -0.385. The molecule has 0 saturated heterocycles. The van der Waals surface area contributed by atoms with Gasteiger partial charge >= 0.3 is 11.9 Å². The number of carbonyl (C=O) groups excluding carboxylic acids is 2. The Kier molecular flexibility index (Phi) is 4.80. The second-order valence-electron chi connectivity index (χ2n) is 5.76. The number of hydrogen-bond acceptors (Lipinski definition) is 7. The molecular formula is C19H14N2O6. The van der Waals surface area contributed by atoms with Gasteiger partial charge in [-0.15, -0.1) is 0 Å². The average molecular weight is 366 g/mol. The molecular weight excluding hydrogens is 352 g/mol. The van der Waals surface area contributed by atoms with Gasteiger partial charge in [0.25, 0.3) is 5.69 Å². The second kappa shape index (κ2) is 7.20. The quantitative estimate of drug-likeness (QED) is 0.270. The van der Waals surface area contributed by atoms with Crippen LogP contribution in [0.3, 0.4) is 0 Å². The predicted molar refractivity (Wildman–Crippen MR) is 96.2 cm³/mol. The van der Waals surface area contributed by atoms with Gasteiger partial charge in [-0.2, -0.15) is 0 Å². The monoisotopic (exact) mass is 366 g/mol. The van der Waals surface area contributed by atoms with Crippen molar-refractivity contribution in [3.63, 3.8) is 0 Å². The lowest BCUT2D eigenvalue weighted by atomic mass is 10.1. The van der Waals surface area contributed by atoms with Gasteiger partial charge in [-0.05, 0) is 36.8 Å². The third-order valence-corrected chi connectivity index (χ3v) is 3.70. The number of aryl methyl sites for hydroxylation is 1. The number of nitrogens with zero attached hydrogens (tertiary/aromatic N) is 2. The van der Waals surface area contributed by atoms with Gasteiger partial charge in [-0.3, -0.25) is 14.9 Å². The van der Waals surface area contributed by atoms with E-state index in [0.717, 1.165) is 0 Å². The number of ether oxygens (including phenoxy) is 2. The van der Waals surface area contributed by atoms with Gasteiger partial charge < -0.3 is 9.47 Å². The molecule has 1 heterocycles. The van der Waals surface area contributed by atoms with Crippen molar-refractivity contribution in [1.82, 2.24) is 0 Å². The molecule has 0 aliphatic carbocycles. The summed E-state index contributed by atoms with van der Waals surface area (Å²) in [5, 5.41) is 11.1. The van der Waals surface area contributed by atoms with Crippen molar-refractivity contribution in [2.45, 2.75) is 13.8 Å². The lowest BCUT2D eigenvalue weighted by Crippen LogP contribution is -2.06. The van der Waals surface area contributed by atoms with Gasteiger partial charge in [0.2, 0.25) is 5.90 Å².